The third-order valence-electron chi connectivity index (χ3n) is 4.36. The van der Waals surface area contributed by atoms with E-state index in [-0.39, 0.29) is 11.6 Å². The molecule has 0 radical (unpaired) electrons. The lowest BCUT2D eigenvalue weighted by Crippen LogP contribution is -2.45. The second-order valence-corrected chi connectivity index (χ2v) is 5.95. The first kappa shape index (κ1) is 16.4. The molecule has 24 heavy (non-hydrogen) atoms. The molecule has 1 aliphatic rings. The molecule has 1 saturated heterocycles. The Morgan fingerprint density at radius 1 is 1.33 bits per heavy atom. The maximum atomic E-state index is 13.4. The van der Waals surface area contributed by atoms with Gasteiger partial charge in [-0.15, -0.1) is 0 Å². The summed E-state index contributed by atoms with van der Waals surface area (Å²) in [7, 11) is 0. The molecule has 0 unspecified atom stereocenters. The summed E-state index contributed by atoms with van der Waals surface area (Å²) < 4.78 is 15.0. The van der Waals surface area contributed by atoms with Crippen molar-refractivity contribution in [2.45, 2.75) is 25.4 Å². The summed E-state index contributed by atoms with van der Waals surface area (Å²) in [6.07, 6.45) is 1.63. The highest BCUT2D eigenvalue weighted by atomic mass is 19.1. The van der Waals surface area contributed by atoms with Crippen LogP contribution in [0.5, 0.6) is 0 Å². The zero-order valence-electron chi connectivity index (χ0n) is 13.1. The Bertz CT molecular complexity index is 799. The van der Waals surface area contributed by atoms with Gasteiger partial charge in [-0.3, -0.25) is 9.78 Å². The van der Waals surface area contributed by atoms with Gasteiger partial charge in [0.25, 0.3) is 5.56 Å². The van der Waals surface area contributed by atoms with Gasteiger partial charge in [-0.2, -0.15) is 0 Å². The molecule has 1 aliphatic heterocycles. The lowest BCUT2D eigenvalue weighted by atomic mass is 10.1. The maximum Gasteiger partial charge on any atom is 0.404 e. The number of piperidine rings is 1. The summed E-state index contributed by atoms with van der Waals surface area (Å²) in [6, 6.07) is 4.34. The third kappa shape index (κ3) is 3.70. The molecule has 1 amide bonds. The SMILES string of the molecule is O=C(O)NC1CCN(CCn2c(=O)ccc3ncc(F)cc32)CC1. The molecule has 0 atom stereocenters. The van der Waals surface area contributed by atoms with Gasteiger partial charge in [0, 0.05) is 44.4 Å². The van der Waals surface area contributed by atoms with E-state index < -0.39 is 11.9 Å². The quantitative estimate of drug-likeness (QED) is 0.879. The number of likely N-dealkylation sites (tertiary alicyclic amines) is 1. The molecule has 0 spiro atoms. The number of carbonyl (C=O) groups is 1. The average molecular weight is 334 g/mol. The van der Waals surface area contributed by atoms with Crippen LogP contribution in [0.2, 0.25) is 0 Å². The van der Waals surface area contributed by atoms with E-state index in [4.69, 9.17) is 5.11 Å². The van der Waals surface area contributed by atoms with Crippen LogP contribution >= 0.6 is 0 Å². The van der Waals surface area contributed by atoms with Crippen molar-refractivity contribution in [3.8, 4) is 0 Å². The first-order valence-electron chi connectivity index (χ1n) is 7.90. The second-order valence-electron chi connectivity index (χ2n) is 5.95. The van der Waals surface area contributed by atoms with E-state index in [2.05, 4.69) is 15.2 Å². The van der Waals surface area contributed by atoms with Crippen molar-refractivity contribution in [1.82, 2.24) is 19.8 Å². The van der Waals surface area contributed by atoms with Crippen LogP contribution in [0.25, 0.3) is 11.0 Å². The van der Waals surface area contributed by atoms with E-state index in [1.807, 2.05) is 0 Å². The number of pyridine rings is 2. The number of hydrogen-bond donors (Lipinski definition) is 2. The number of fused-ring (bicyclic) bond motifs is 1. The molecule has 2 aromatic rings. The van der Waals surface area contributed by atoms with Crippen LogP contribution in [0.1, 0.15) is 12.8 Å². The van der Waals surface area contributed by atoms with Crippen molar-refractivity contribution in [3.05, 3.63) is 40.6 Å². The molecular weight excluding hydrogens is 315 g/mol. The summed E-state index contributed by atoms with van der Waals surface area (Å²) in [5.41, 5.74) is 0.891. The summed E-state index contributed by atoms with van der Waals surface area (Å²) in [4.78, 5) is 28.9. The number of nitrogens with zero attached hydrogens (tertiary/aromatic N) is 3. The van der Waals surface area contributed by atoms with Crippen LogP contribution in [0.3, 0.4) is 0 Å². The molecule has 128 valence electrons. The Balaban J connectivity index is 1.66. The second kappa shape index (κ2) is 6.96. The van der Waals surface area contributed by atoms with Crippen LogP contribution in [-0.4, -0.2) is 51.3 Å². The average Bonchev–Trinajstić information content (AvgIpc) is 2.55. The lowest BCUT2D eigenvalue weighted by Gasteiger charge is -2.31. The lowest BCUT2D eigenvalue weighted by molar-refractivity contribution is 0.166. The van der Waals surface area contributed by atoms with Gasteiger partial charge in [0.15, 0.2) is 0 Å². The largest absolute Gasteiger partial charge is 0.465 e. The van der Waals surface area contributed by atoms with Gasteiger partial charge in [-0.25, -0.2) is 9.18 Å². The van der Waals surface area contributed by atoms with Crippen LogP contribution in [0.4, 0.5) is 9.18 Å². The molecule has 3 rings (SSSR count). The van der Waals surface area contributed by atoms with Crippen molar-refractivity contribution in [2.24, 2.45) is 0 Å². The number of amides is 1. The zero-order valence-corrected chi connectivity index (χ0v) is 13.1. The fourth-order valence-electron chi connectivity index (χ4n) is 3.09. The predicted octanol–water partition coefficient (Wildman–Crippen LogP) is 1.27. The maximum absolute atomic E-state index is 13.4. The van der Waals surface area contributed by atoms with E-state index in [9.17, 15) is 14.0 Å². The van der Waals surface area contributed by atoms with Gasteiger partial charge < -0.3 is 19.9 Å². The number of halogens is 1. The standard InChI is InChI=1S/C16H19FN4O3/c17-11-9-14-13(18-10-11)1-2-15(22)21(14)8-7-20-5-3-12(4-6-20)19-16(23)24/h1-2,9-10,12,19H,3-8H2,(H,23,24). The first-order chi connectivity index (χ1) is 11.5. The fourth-order valence-corrected chi connectivity index (χ4v) is 3.09. The molecule has 7 nitrogen and oxygen atoms in total. The summed E-state index contributed by atoms with van der Waals surface area (Å²) in [5, 5.41) is 11.2. The number of aromatic nitrogens is 2. The predicted molar refractivity (Wildman–Crippen MR) is 86.6 cm³/mol. The first-order valence-corrected chi connectivity index (χ1v) is 7.90. The van der Waals surface area contributed by atoms with Gasteiger partial charge in [-0.05, 0) is 18.9 Å². The number of rotatable bonds is 4. The van der Waals surface area contributed by atoms with Gasteiger partial charge in [0.1, 0.15) is 5.82 Å². The third-order valence-corrected chi connectivity index (χ3v) is 4.36. The van der Waals surface area contributed by atoms with Crippen molar-refractivity contribution in [1.29, 1.82) is 0 Å². The minimum Gasteiger partial charge on any atom is -0.465 e. The van der Waals surface area contributed by atoms with E-state index in [0.29, 0.717) is 24.1 Å². The Kier molecular flexibility index (Phi) is 4.75. The molecule has 2 aromatic heterocycles. The fraction of sp³-hybridized carbons (Fsp3) is 0.438. The van der Waals surface area contributed by atoms with E-state index in [1.165, 1.54) is 16.7 Å². The summed E-state index contributed by atoms with van der Waals surface area (Å²) >= 11 is 0. The van der Waals surface area contributed by atoms with E-state index in [0.717, 1.165) is 32.1 Å². The van der Waals surface area contributed by atoms with Crippen molar-refractivity contribution < 1.29 is 14.3 Å². The summed E-state index contributed by atoms with van der Waals surface area (Å²) in [5.74, 6) is -0.470. The minimum absolute atomic E-state index is 0.0164. The Morgan fingerprint density at radius 3 is 2.79 bits per heavy atom. The Morgan fingerprint density at radius 2 is 2.08 bits per heavy atom. The monoisotopic (exact) mass is 334 g/mol. The van der Waals surface area contributed by atoms with Gasteiger partial charge >= 0.3 is 6.09 Å². The van der Waals surface area contributed by atoms with Crippen LogP contribution in [-0.2, 0) is 6.54 Å². The molecular formula is C16H19FN4O3. The molecule has 3 heterocycles. The molecule has 2 N–H and O–H groups in total. The molecule has 0 bridgehead atoms. The highest BCUT2D eigenvalue weighted by molar-refractivity contribution is 5.74. The van der Waals surface area contributed by atoms with Gasteiger partial charge in [0.2, 0.25) is 0 Å². The highest BCUT2D eigenvalue weighted by Gasteiger charge is 2.20. The number of carboxylic acid groups (broad SMARTS) is 1. The number of nitrogens with one attached hydrogen (secondary N) is 1. The molecule has 1 fully saturated rings. The zero-order chi connectivity index (χ0) is 17.1. The topological polar surface area (TPSA) is 87.5 Å². The van der Waals surface area contributed by atoms with E-state index >= 15 is 0 Å². The molecule has 0 aromatic carbocycles. The van der Waals surface area contributed by atoms with Crippen molar-refractivity contribution in [2.75, 3.05) is 19.6 Å². The van der Waals surface area contributed by atoms with Crippen LogP contribution in [0.15, 0.2) is 29.2 Å². The molecule has 8 heteroatoms. The number of hydrogen-bond acceptors (Lipinski definition) is 4. The van der Waals surface area contributed by atoms with Gasteiger partial charge in [-0.1, -0.05) is 0 Å². The Hall–Kier alpha value is -2.48. The Labute approximate surface area is 137 Å². The minimum atomic E-state index is -0.995. The highest BCUT2D eigenvalue weighted by Crippen LogP contribution is 2.13. The molecule has 0 saturated carbocycles. The van der Waals surface area contributed by atoms with Crippen molar-refractivity contribution in [3.63, 3.8) is 0 Å². The van der Waals surface area contributed by atoms with Gasteiger partial charge in [0.05, 0.1) is 17.2 Å². The summed E-state index contributed by atoms with van der Waals surface area (Å²) in [6.45, 7) is 2.61. The van der Waals surface area contributed by atoms with Crippen molar-refractivity contribution >= 4 is 17.1 Å². The normalized spacial score (nSPS) is 16.4. The molecule has 0 aliphatic carbocycles. The van der Waals surface area contributed by atoms with Crippen LogP contribution < -0.4 is 10.9 Å². The van der Waals surface area contributed by atoms with E-state index in [1.54, 1.807) is 6.07 Å². The smallest absolute Gasteiger partial charge is 0.404 e. The van der Waals surface area contributed by atoms with Crippen LogP contribution in [0, 0.1) is 5.82 Å².